The van der Waals surface area contributed by atoms with E-state index < -0.39 is 0 Å². The molecule has 7 heteroatoms. The fourth-order valence-corrected chi connectivity index (χ4v) is 2.69. The molecular formula is C22H28N4O3. The van der Waals surface area contributed by atoms with Crippen molar-refractivity contribution in [1.29, 1.82) is 0 Å². The van der Waals surface area contributed by atoms with Gasteiger partial charge in [0.1, 0.15) is 0 Å². The third kappa shape index (κ3) is 8.47. The maximum absolute atomic E-state index is 12.1. The molecule has 29 heavy (non-hydrogen) atoms. The Morgan fingerprint density at radius 1 is 0.759 bits per heavy atom. The first-order valence-corrected chi connectivity index (χ1v) is 9.77. The van der Waals surface area contributed by atoms with Gasteiger partial charge in [0.15, 0.2) is 0 Å². The van der Waals surface area contributed by atoms with E-state index in [-0.39, 0.29) is 24.3 Å². The number of hydrogen-bond acceptors (Lipinski definition) is 4. The summed E-state index contributed by atoms with van der Waals surface area (Å²) < 4.78 is 0. The highest BCUT2D eigenvalue weighted by Gasteiger charge is 2.05. The van der Waals surface area contributed by atoms with Crippen LogP contribution in [0.25, 0.3) is 0 Å². The lowest BCUT2D eigenvalue weighted by atomic mass is 10.2. The SMILES string of the molecule is CCCCCC(=O)Nc1cccc(NCC(=O)Nc2ccc(NC(C)=O)cc2)c1. The Morgan fingerprint density at radius 2 is 1.38 bits per heavy atom. The summed E-state index contributed by atoms with van der Waals surface area (Å²) in [5.74, 6) is -0.354. The molecule has 3 amide bonds. The molecule has 0 fully saturated rings. The normalized spacial score (nSPS) is 10.1. The van der Waals surface area contributed by atoms with Crippen molar-refractivity contribution in [2.24, 2.45) is 0 Å². The van der Waals surface area contributed by atoms with Crippen LogP contribution in [0.4, 0.5) is 22.7 Å². The van der Waals surface area contributed by atoms with Gasteiger partial charge in [-0.25, -0.2) is 0 Å². The average molecular weight is 396 g/mol. The van der Waals surface area contributed by atoms with E-state index in [1.54, 1.807) is 30.3 Å². The van der Waals surface area contributed by atoms with Crippen LogP contribution in [0, 0.1) is 0 Å². The molecule has 0 atom stereocenters. The van der Waals surface area contributed by atoms with E-state index in [4.69, 9.17) is 0 Å². The van der Waals surface area contributed by atoms with E-state index in [9.17, 15) is 14.4 Å². The van der Waals surface area contributed by atoms with Crippen molar-refractivity contribution < 1.29 is 14.4 Å². The predicted molar refractivity (Wildman–Crippen MR) is 117 cm³/mol. The molecule has 2 rings (SSSR count). The summed E-state index contributed by atoms with van der Waals surface area (Å²) in [7, 11) is 0. The lowest BCUT2D eigenvalue weighted by molar-refractivity contribution is -0.116. The summed E-state index contributed by atoms with van der Waals surface area (Å²) in [6.45, 7) is 3.62. The van der Waals surface area contributed by atoms with E-state index in [1.165, 1.54) is 6.92 Å². The minimum atomic E-state index is -0.203. The quantitative estimate of drug-likeness (QED) is 0.452. The van der Waals surface area contributed by atoms with E-state index in [0.29, 0.717) is 23.5 Å². The second kappa shape index (κ2) is 11.5. The van der Waals surface area contributed by atoms with Crippen LogP contribution in [0.15, 0.2) is 48.5 Å². The summed E-state index contributed by atoms with van der Waals surface area (Å²) in [6.07, 6.45) is 3.51. The van der Waals surface area contributed by atoms with Gasteiger partial charge in [0, 0.05) is 36.1 Å². The Labute approximate surface area is 171 Å². The molecule has 0 aliphatic rings. The Kier molecular flexibility index (Phi) is 8.69. The first-order chi connectivity index (χ1) is 14.0. The number of hydrogen-bond donors (Lipinski definition) is 4. The number of amides is 3. The zero-order valence-electron chi connectivity index (χ0n) is 16.9. The molecule has 0 unspecified atom stereocenters. The molecule has 0 saturated heterocycles. The molecule has 0 spiro atoms. The summed E-state index contributed by atoms with van der Waals surface area (Å²) in [5, 5.41) is 11.4. The van der Waals surface area contributed by atoms with Gasteiger partial charge in [-0.3, -0.25) is 14.4 Å². The number of carbonyl (C=O) groups is 3. The van der Waals surface area contributed by atoms with Gasteiger partial charge in [-0.05, 0) is 48.9 Å². The van der Waals surface area contributed by atoms with Gasteiger partial charge in [-0.15, -0.1) is 0 Å². The molecule has 7 nitrogen and oxygen atoms in total. The molecule has 0 heterocycles. The van der Waals surface area contributed by atoms with Crippen molar-refractivity contribution in [3.63, 3.8) is 0 Å². The van der Waals surface area contributed by atoms with Crippen LogP contribution >= 0.6 is 0 Å². The maximum Gasteiger partial charge on any atom is 0.243 e. The fourth-order valence-electron chi connectivity index (χ4n) is 2.69. The van der Waals surface area contributed by atoms with Crippen molar-refractivity contribution in [3.8, 4) is 0 Å². The second-order valence-corrected chi connectivity index (χ2v) is 6.75. The molecule has 0 saturated carbocycles. The van der Waals surface area contributed by atoms with Gasteiger partial charge in [0.25, 0.3) is 0 Å². The Balaban J connectivity index is 1.80. The maximum atomic E-state index is 12.1. The molecular weight excluding hydrogens is 368 g/mol. The topological polar surface area (TPSA) is 99.3 Å². The summed E-state index contributed by atoms with van der Waals surface area (Å²) >= 11 is 0. The van der Waals surface area contributed by atoms with Crippen LogP contribution in [-0.2, 0) is 14.4 Å². The van der Waals surface area contributed by atoms with Crippen molar-refractivity contribution in [2.45, 2.75) is 39.5 Å². The van der Waals surface area contributed by atoms with Crippen LogP contribution in [0.5, 0.6) is 0 Å². The highest BCUT2D eigenvalue weighted by atomic mass is 16.2. The highest BCUT2D eigenvalue weighted by Crippen LogP contribution is 2.16. The van der Waals surface area contributed by atoms with Gasteiger partial charge in [-0.2, -0.15) is 0 Å². The van der Waals surface area contributed by atoms with Gasteiger partial charge in [0.05, 0.1) is 6.54 Å². The molecule has 154 valence electrons. The van der Waals surface area contributed by atoms with Gasteiger partial charge in [0.2, 0.25) is 17.7 Å². The molecule has 2 aromatic carbocycles. The molecule has 0 aliphatic carbocycles. The number of benzene rings is 2. The smallest absolute Gasteiger partial charge is 0.243 e. The zero-order chi connectivity index (χ0) is 21.1. The number of rotatable bonds is 10. The number of unbranched alkanes of at least 4 members (excludes halogenated alkanes) is 2. The average Bonchev–Trinajstić information content (AvgIpc) is 2.68. The number of nitrogens with one attached hydrogen (secondary N) is 4. The first-order valence-electron chi connectivity index (χ1n) is 9.77. The summed E-state index contributed by atoms with van der Waals surface area (Å²) in [6, 6.07) is 14.2. The van der Waals surface area contributed by atoms with Crippen molar-refractivity contribution in [1.82, 2.24) is 0 Å². The molecule has 0 aliphatic heterocycles. The van der Waals surface area contributed by atoms with E-state index in [2.05, 4.69) is 28.2 Å². The third-order valence-electron chi connectivity index (χ3n) is 4.10. The molecule has 4 N–H and O–H groups in total. The van der Waals surface area contributed by atoms with Crippen molar-refractivity contribution in [3.05, 3.63) is 48.5 Å². The van der Waals surface area contributed by atoms with Crippen LogP contribution in [0.3, 0.4) is 0 Å². The van der Waals surface area contributed by atoms with Crippen LogP contribution in [0.2, 0.25) is 0 Å². The largest absolute Gasteiger partial charge is 0.376 e. The van der Waals surface area contributed by atoms with Crippen molar-refractivity contribution >= 4 is 40.5 Å². The lowest BCUT2D eigenvalue weighted by Gasteiger charge is -2.10. The minimum absolute atomic E-state index is 0.00365. The van der Waals surface area contributed by atoms with Gasteiger partial charge >= 0.3 is 0 Å². The Bertz CT molecular complexity index is 834. The molecule has 0 bridgehead atoms. The standard InChI is InChI=1S/C22H28N4O3/c1-3-4-5-9-21(28)26-20-8-6-7-19(14-20)23-15-22(29)25-18-12-10-17(11-13-18)24-16(2)27/h6-8,10-14,23H,3-5,9,15H2,1-2H3,(H,24,27)(H,25,29)(H,26,28). The lowest BCUT2D eigenvalue weighted by Crippen LogP contribution is -2.21. The van der Waals surface area contributed by atoms with Crippen LogP contribution < -0.4 is 21.3 Å². The fraction of sp³-hybridized carbons (Fsp3) is 0.318. The summed E-state index contributed by atoms with van der Waals surface area (Å²) in [4.78, 5) is 35.1. The highest BCUT2D eigenvalue weighted by molar-refractivity contribution is 5.95. The van der Waals surface area contributed by atoms with Gasteiger partial charge in [-0.1, -0.05) is 25.8 Å². The number of carbonyl (C=O) groups excluding carboxylic acids is 3. The number of anilines is 4. The Hall–Kier alpha value is -3.35. The predicted octanol–water partition coefficient (Wildman–Crippen LogP) is 4.21. The van der Waals surface area contributed by atoms with E-state index in [1.807, 2.05) is 18.2 Å². The minimum Gasteiger partial charge on any atom is -0.376 e. The zero-order valence-corrected chi connectivity index (χ0v) is 16.9. The van der Waals surface area contributed by atoms with Crippen LogP contribution in [0.1, 0.15) is 39.5 Å². The van der Waals surface area contributed by atoms with Crippen molar-refractivity contribution in [2.75, 3.05) is 27.8 Å². The van der Waals surface area contributed by atoms with E-state index >= 15 is 0 Å². The molecule has 2 aromatic rings. The first kappa shape index (κ1) is 21.9. The van der Waals surface area contributed by atoms with Crippen LogP contribution in [-0.4, -0.2) is 24.3 Å². The monoisotopic (exact) mass is 396 g/mol. The van der Waals surface area contributed by atoms with Gasteiger partial charge < -0.3 is 21.3 Å². The summed E-state index contributed by atoms with van der Waals surface area (Å²) in [5.41, 5.74) is 2.75. The molecule has 0 radical (unpaired) electrons. The molecule has 0 aromatic heterocycles. The van der Waals surface area contributed by atoms with E-state index in [0.717, 1.165) is 24.9 Å². The second-order valence-electron chi connectivity index (χ2n) is 6.75. The Morgan fingerprint density at radius 3 is 2.03 bits per heavy atom. The third-order valence-corrected chi connectivity index (χ3v) is 4.10.